The Morgan fingerprint density at radius 3 is 2.38 bits per heavy atom. The summed E-state index contributed by atoms with van der Waals surface area (Å²) in [6.07, 6.45) is 2.92. The van der Waals surface area contributed by atoms with E-state index in [4.69, 9.17) is 11.1 Å². The smallest absolute Gasteiger partial charge is 0.104 e. The fourth-order valence-corrected chi connectivity index (χ4v) is 1.10. The predicted octanol–water partition coefficient (Wildman–Crippen LogP) is 1.06. The average molecular weight is 132 g/mol. The molecule has 0 saturated heterocycles. The number of rotatable bonds is 3. The molecule has 0 fully saturated rings. The Labute approximate surface area is 54.3 Å². The maximum Gasteiger partial charge on any atom is 0.104 e. The normalized spacial score (nSPS) is 13.2. The average Bonchev–Trinajstić information content (AvgIpc) is 1.69. The van der Waals surface area contributed by atoms with Gasteiger partial charge < -0.3 is 5.73 Å². The summed E-state index contributed by atoms with van der Waals surface area (Å²) >= 11 is 1.63. The van der Waals surface area contributed by atoms with E-state index in [1.54, 1.807) is 11.8 Å². The van der Waals surface area contributed by atoms with Crippen LogP contribution in [0.1, 0.15) is 13.3 Å². The van der Waals surface area contributed by atoms with Gasteiger partial charge in [-0.25, -0.2) is 0 Å². The Hall–Kier alpha value is -0.180. The number of thioether (sulfide) groups is 1. The van der Waals surface area contributed by atoms with Crippen molar-refractivity contribution in [1.82, 2.24) is 0 Å². The second kappa shape index (κ2) is 3.78. The SMILES string of the molecule is CCC(SC)C(=N)N. The molecule has 8 heavy (non-hydrogen) atoms. The third-order valence-corrected chi connectivity index (χ3v) is 2.16. The van der Waals surface area contributed by atoms with Crippen LogP contribution < -0.4 is 5.73 Å². The van der Waals surface area contributed by atoms with Crippen LogP contribution in [0.4, 0.5) is 0 Å². The van der Waals surface area contributed by atoms with Gasteiger partial charge in [-0.3, -0.25) is 5.41 Å². The predicted molar refractivity (Wildman–Crippen MR) is 39.5 cm³/mol. The molecule has 0 rings (SSSR count). The van der Waals surface area contributed by atoms with E-state index in [0.717, 1.165) is 6.42 Å². The molecule has 3 heteroatoms. The molecule has 0 saturated carbocycles. The van der Waals surface area contributed by atoms with Gasteiger partial charge in [0.15, 0.2) is 0 Å². The molecular formula is C5H12N2S. The zero-order chi connectivity index (χ0) is 6.57. The first-order valence-corrected chi connectivity index (χ1v) is 3.87. The largest absolute Gasteiger partial charge is 0.387 e. The molecule has 0 radical (unpaired) electrons. The lowest BCUT2D eigenvalue weighted by atomic mass is 10.3. The summed E-state index contributed by atoms with van der Waals surface area (Å²) in [6.45, 7) is 2.03. The van der Waals surface area contributed by atoms with Crippen LogP contribution in [0.15, 0.2) is 0 Å². The van der Waals surface area contributed by atoms with E-state index in [2.05, 4.69) is 0 Å². The first-order chi connectivity index (χ1) is 3.72. The summed E-state index contributed by atoms with van der Waals surface area (Å²) in [5.41, 5.74) is 5.22. The van der Waals surface area contributed by atoms with Crippen molar-refractivity contribution in [2.75, 3.05) is 6.26 Å². The molecule has 3 N–H and O–H groups in total. The third kappa shape index (κ3) is 2.21. The van der Waals surface area contributed by atoms with E-state index in [1.807, 2.05) is 13.2 Å². The van der Waals surface area contributed by atoms with Crippen LogP contribution in [0.5, 0.6) is 0 Å². The lowest BCUT2D eigenvalue weighted by Crippen LogP contribution is -2.23. The number of amidine groups is 1. The van der Waals surface area contributed by atoms with Crippen molar-refractivity contribution in [2.45, 2.75) is 18.6 Å². The Bertz CT molecular complexity index is 78.5. The molecule has 0 aliphatic carbocycles. The zero-order valence-corrected chi connectivity index (χ0v) is 6.09. The Morgan fingerprint density at radius 2 is 2.38 bits per heavy atom. The first-order valence-electron chi connectivity index (χ1n) is 2.59. The molecule has 0 aromatic carbocycles. The molecule has 48 valence electrons. The molecule has 0 aromatic heterocycles. The van der Waals surface area contributed by atoms with Crippen molar-refractivity contribution in [3.63, 3.8) is 0 Å². The molecule has 0 aliphatic rings. The minimum Gasteiger partial charge on any atom is -0.387 e. The monoisotopic (exact) mass is 132 g/mol. The minimum atomic E-state index is 0.231. The van der Waals surface area contributed by atoms with E-state index in [1.165, 1.54) is 0 Å². The molecular weight excluding hydrogens is 120 g/mol. The standard InChI is InChI=1S/C5H12N2S/c1-3-4(8-2)5(6)7/h4H,3H2,1-2H3,(H3,6,7). The number of hydrogen-bond donors (Lipinski definition) is 2. The van der Waals surface area contributed by atoms with Crippen LogP contribution in [0.2, 0.25) is 0 Å². The van der Waals surface area contributed by atoms with Crippen LogP contribution in [-0.2, 0) is 0 Å². The fourth-order valence-electron chi connectivity index (χ4n) is 0.514. The van der Waals surface area contributed by atoms with Crippen LogP contribution >= 0.6 is 11.8 Å². The number of hydrogen-bond acceptors (Lipinski definition) is 2. The molecule has 0 aliphatic heterocycles. The molecule has 2 nitrogen and oxygen atoms in total. The summed E-state index contributed by atoms with van der Waals surface area (Å²) in [7, 11) is 0. The highest BCUT2D eigenvalue weighted by molar-refractivity contribution is 7.99. The van der Waals surface area contributed by atoms with Gasteiger partial charge in [-0.1, -0.05) is 6.92 Å². The first kappa shape index (κ1) is 7.82. The minimum absolute atomic E-state index is 0.231. The lowest BCUT2D eigenvalue weighted by molar-refractivity contribution is 0.995. The van der Waals surface area contributed by atoms with E-state index in [9.17, 15) is 0 Å². The Morgan fingerprint density at radius 1 is 1.88 bits per heavy atom. The van der Waals surface area contributed by atoms with Crippen molar-refractivity contribution < 1.29 is 0 Å². The summed E-state index contributed by atoms with van der Waals surface area (Å²) in [4.78, 5) is 0. The van der Waals surface area contributed by atoms with Gasteiger partial charge in [0, 0.05) is 0 Å². The fraction of sp³-hybridized carbons (Fsp3) is 0.800. The summed E-state index contributed by atoms with van der Waals surface area (Å²) in [5, 5.41) is 7.24. The molecule has 1 atom stereocenters. The molecule has 0 amide bonds. The van der Waals surface area contributed by atoms with Crippen molar-refractivity contribution in [1.29, 1.82) is 5.41 Å². The van der Waals surface area contributed by atoms with Crippen LogP contribution in [0, 0.1) is 5.41 Å². The molecule has 0 spiro atoms. The summed E-state index contributed by atoms with van der Waals surface area (Å²) < 4.78 is 0. The van der Waals surface area contributed by atoms with E-state index < -0.39 is 0 Å². The Balaban J connectivity index is 3.52. The van der Waals surface area contributed by atoms with Crippen LogP contribution in [0.3, 0.4) is 0 Å². The highest BCUT2D eigenvalue weighted by Crippen LogP contribution is 2.08. The van der Waals surface area contributed by atoms with E-state index in [-0.39, 0.29) is 5.25 Å². The highest BCUT2D eigenvalue weighted by atomic mass is 32.2. The van der Waals surface area contributed by atoms with Gasteiger partial charge in [0.1, 0.15) is 5.84 Å². The van der Waals surface area contributed by atoms with Gasteiger partial charge in [-0.15, -0.1) is 0 Å². The topological polar surface area (TPSA) is 49.9 Å². The number of nitrogens with one attached hydrogen (secondary N) is 1. The van der Waals surface area contributed by atoms with Gasteiger partial charge in [0.05, 0.1) is 5.25 Å². The maximum atomic E-state index is 7.01. The maximum absolute atomic E-state index is 7.01. The lowest BCUT2D eigenvalue weighted by Gasteiger charge is -2.07. The second-order valence-corrected chi connectivity index (χ2v) is 2.63. The van der Waals surface area contributed by atoms with E-state index >= 15 is 0 Å². The molecule has 0 aromatic rings. The Kier molecular flexibility index (Phi) is 3.69. The molecule has 1 unspecified atom stereocenters. The van der Waals surface area contributed by atoms with Crippen LogP contribution in [-0.4, -0.2) is 17.3 Å². The number of nitrogens with two attached hydrogens (primary N) is 1. The van der Waals surface area contributed by atoms with Crippen molar-refractivity contribution >= 4 is 17.6 Å². The van der Waals surface area contributed by atoms with E-state index in [0.29, 0.717) is 5.84 Å². The summed E-state index contributed by atoms with van der Waals surface area (Å²) in [6, 6.07) is 0. The zero-order valence-electron chi connectivity index (χ0n) is 5.27. The quantitative estimate of drug-likeness (QED) is 0.445. The van der Waals surface area contributed by atoms with Gasteiger partial charge in [0.2, 0.25) is 0 Å². The van der Waals surface area contributed by atoms with Gasteiger partial charge in [-0.05, 0) is 12.7 Å². The molecule has 0 heterocycles. The molecule has 0 bridgehead atoms. The van der Waals surface area contributed by atoms with Gasteiger partial charge in [0.25, 0.3) is 0 Å². The summed E-state index contributed by atoms with van der Waals surface area (Å²) in [5.74, 6) is 0.292. The van der Waals surface area contributed by atoms with Crippen LogP contribution in [0.25, 0.3) is 0 Å². The van der Waals surface area contributed by atoms with Gasteiger partial charge >= 0.3 is 0 Å². The van der Waals surface area contributed by atoms with Crippen molar-refractivity contribution in [2.24, 2.45) is 5.73 Å². The van der Waals surface area contributed by atoms with Gasteiger partial charge in [-0.2, -0.15) is 11.8 Å². The highest BCUT2D eigenvalue weighted by Gasteiger charge is 2.04. The second-order valence-electron chi connectivity index (χ2n) is 1.59. The van der Waals surface area contributed by atoms with Crippen molar-refractivity contribution in [3.05, 3.63) is 0 Å². The van der Waals surface area contributed by atoms with Crippen molar-refractivity contribution in [3.8, 4) is 0 Å². The third-order valence-electron chi connectivity index (χ3n) is 1.00.